The summed E-state index contributed by atoms with van der Waals surface area (Å²) in [6.45, 7) is 2.17. The Kier molecular flexibility index (Phi) is 7.32. The molecule has 0 radical (unpaired) electrons. The van der Waals surface area contributed by atoms with Gasteiger partial charge in [-0.25, -0.2) is 4.79 Å². The van der Waals surface area contributed by atoms with Crippen LogP contribution in [0.3, 0.4) is 0 Å². The fraction of sp³-hybridized carbons (Fsp3) is 0.176. The number of oxime groups is 1. The number of carbonyl (C=O) groups excluding carboxylic acids is 1. The van der Waals surface area contributed by atoms with Crippen LogP contribution in [0, 0.1) is 3.57 Å². The molecule has 2 aromatic rings. The number of nitrogens with zero attached hydrogens (tertiary/aromatic N) is 1. The van der Waals surface area contributed by atoms with Crippen molar-refractivity contribution in [2.45, 2.75) is 13.5 Å². The molecule has 0 aliphatic heterocycles. The van der Waals surface area contributed by atoms with Crippen LogP contribution in [-0.4, -0.2) is 18.9 Å². The third-order valence-corrected chi connectivity index (χ3v) is 4.52. The molecule has 0 heterocycles. The SMILES string of the molecule is COC(=O)NOc1cc(/C(C)=N/OCc2ccccc2I)ccc1Cl. The van der Waals surface area contributed by atoms with Crippen molar-refractivity contribution in [3.05, 3.63) is 62.2 Å². The molecule has 0 aliphatic rings. The van der Waals surface area contributed by atoms with E-state index in [1.54, 1.807) is 25.1 Å². The second kappa shape index (κ2) is 9.47. The molecular weight excluding hydrogens is 459 g/mol. The van der Waals surface area contributed by atoms with E-state index in [0.29, 0.717) is 17.3 Å². The fourth-order valence-electron chi connectivity index (χ4n) is 1.81. The Morgan fingerprint density at radius 2 is 2.04 bits per heavy atom. The van der Waals surface area contributed by atoms with Crippen molar-refractivity contribution in [2.75, 3.05) is 7.11 Å². The monoisotopic (exact) mass is 474 g/mol. The quantitative estimate of drug-likeness (QED) is 0.379. The second-order valence-corrected chi connectivity index (χ2v) is 6.45. The summed E-state index contributed by atoms with van der Waals surface area (Å²) < 4.78 is 5.55. The van der Waals surface area contributed by atoms with Gasteiger partial charge in [-0.2, -0.15) is 5.48 Å². The summed E-state index contributed by atoms with van der Waals surface area (Å²) in [5, 5.41) is 4.46. The molecular formula is C17H16ClIN2O4. The standard InChI is InChI=1S/C17H16ClIN2O4/c1-11(20-24-10-13-5-3-4-6-15(13)19)12-7-8-14(18)16(9-12)25-21-17(22)23-2/h3-9H,10H2,1-2H3,(H,21,22)/b20-11+. The number of hydrogen-bond acceptors (Lipinski definition) is 5. The molecule has 0 aliphatic carbocycles. The summed E-state index contributed by atoms with van der Waals surface area (Å²) in [6.07, 6.45) is -0.729. The van der Waals surface area contributed by atoms with Crippen molar-refractivity contribution in [1.29, 1.82) is 0 Å². The maximum absolute atomic E-state index is 11.1. The summed E-state index contributed by atoms with van der Waals surface area (Å²) in [7, 11) is 1.23. The van der Waals surface area contributed by atoms with Crippen molar-refractivity contribution < 1.29 is 19.2 Å². The third-order valence-electron chi connectivity index (χ3n) is 3.16. The molecule has 0 unspecified atom stereocenters. The Bertz CT molecular complexity index is 783. The van der Waals surface area contributed by atoms with Gasteiger partial charge in [0, 0.05) is 14.7 Å². The van der Waals surface area contributed by atoms with Crippen LogP contribution in [-0.2, 0) is 16.2 Å². The van der Waals surface area contributed by atoms with E-state index in [1.165, 1.54) is 7.11 Å². The third kappa shape index (κ3) is 5.79. The number of rotatable bonds is 6. The topological polar surface area (TPSA) is 69.2 Å². The van der Waals surface area contributed by atoms with Crippen LogP contribution in [0.25, 0.3) is 0 Å². The number of amides is 1. The first-order valence-electron chi connectivity index (χ1n) is 7.22. The van der Waals surface area contributed by atoms with E-state index >= 15 is 0 Å². The van der Waals surface area contributed by atoms with Crippen molar-refractivity contribution in [1.82, 2.24) is 5.48 Å². The van der Waals surface area contributed by atoms with Gasteiger partial charge in [-0.15, -0.1) is 0 Å². The second-order valence-electron chi connectivity index (χ2n) is 4.88. The highest BCUT2D eigenvalue weighted by Crippen LogP contribution is 2.25. The van der Waals surface area contributed by atoms with E-state index in [1.807, 2.05) is 24.3 Å². The molecule has 25 heavy (non-hydrogen) atoms. The number of hydrogen-bond donors (Lipinski definition) is 1. The van der Waals surface area contributed by atoms with E-state index in [4.69, 9.17) is 21.3 Å². The zero-order valence-electron chi connectivity index (χ0n) is 13.6. The summed E-state index contributed by atoms with van der Waals surface area (Å²) in [4.78, 5) is 21.6. The van der Waals surface area contributed by atoms with Crippen molar-refractivity contribution in [3.63, 3.8) is 0 Å². The predicted octanol–water partition coefficient (Wildman–Crippen LogP) is 4.54. The lowest BCUT2D eigenvalue weighted by Gasteiger charge is -2.09. The number of methoxy groups -OCH3 is 1. The van der Waals surface area contributed by atoms with Gasteiger partial charge in [-0.05, 0) is 47.7 Å². The number of halogens is 2. The minimum Gasteiger partial charge on any atom is -0.451 e. The molecule has 0 saturated heterocycles. The van der Waals surface area contributed by atoms with E-state index in [-0.39, 0.29) is 5.75 Å². The van der Waals surface area contributed by atoms with Crippen LogP contribution in [0.5, 0.6) is 5.75 Å². The van der Waals surface area contributed by atoms with Crippen LogP contribution in [0.1, 0.15) is 18.1 Å². The minimum atomic E-state index is -0.729. The van der Waals surface area contributed by atoms with Gasteiger partial charge in [-0.3, -0.25) is 0 Å². The van der Waals surface area contributed by atoms with Gasteiger partial charge in [-0.1, -0.05) is 41.0 Å². The van der Waals surface area contributed by atoms with Gasteiger partial charge in [0.05, 0.1) is 17.8 Å². The Labute approximate surface area is 164 Å². The maximum atomic E-state index is 11.1. The van der Waals surface area contributed by atoms with Crippen LogP contribution < -0.4 is 10.3 Å². The zero-order valence-corrected chi connectivity index (χ0v) is 16.5. The number of benzene rings is 2. The number of hydroxylamine groups is 1. The van der Waals surface area contributed by atoms with Gasteiger partial charge < -0.3 is 14.4 Å². The van der Waals surface area contributed by atoms with Gasteiger partial charge >= 0.3 is 6.09 Å². The lowest BCUT2D eigenvalue weighted by atomic mass is 10.1. The highest BCUT2D eigenvalue weighted by atomic mass is 127. The largest absolute Gasteiger partial charge is 0.451 e. The van der Waals surface area contributed by atoms with Gasteiger partial charge in [0.1, 0.15) is 6.61 Å². The molecule has 1 amide bonds. The van der Waals surface area contributed by atoms with E-state index in [2.05, 4.69) is 38.0 Å². The smallest absolute Gasteiger partial charge is 0.440 e. The molecule has 1 N–H and O–H groups in total. The molecule has 0 spiro atoms. The molecule has 0 saturated carbocycles. The Morgan fingerprint density at radius 1 is 1.28 bits per heavy atom. The molecule has 0 bridgehead atoms. The molecule has 6 nitrogen and oxygen atoms in total. The highest BCUT2D eigenvalue weighted by molar-refractivity contribution is 14.1. The molecule has 2 aromatic carbocycles. The zero-order chi connectivity index (χ0) is 18.2. The molecule has 0 atom stereocenters. The number of ether oxygens (including phenoxy) is 1. The Hall–Kier alpha value is -2.00. The predicted molar refractivity (Wildman–Crippen MR) is 104 cm³/mol. The lowest BCUT2D eigenvalue weighted by Crippen LogP contribution is -2.26. The maximum Gasteiger partial charge on any atom is 0.440 e. The van der Waals surface area contributed by atoms with Gasteiger partial charge in [0.2, 0.25) is 0 Å². The lowest BCUT2D eigenvalue weighted by molar-refractivity contribution is 0.118. The first-order chi connectivity index (χ1) is 12.0. The van der Waals surface area contributed by atoms with Gasteiger partial charge in [0.25, 0.3) is 0 Å². The number of nitrogens with one attached hydrogen (secondary N) is 1. The van der Waals surface area contributed by atoms with Crippen molar-refractivity contribution in [3.8, 4) is 5.75 Å². The van der Waals surface area contributed by atoms with E-state index in [0.717, 1.165) is 14.7 Å². The normalized spacial score (nSPS) is 11.0. The van der Waals surface area contributed by atoms with Crippen LogP contribution in [0.2, 0.25) is 5.02 Å². The van der Waals surface area contributed by atoms with Crippen LogP contribution in [0.4, 0.5) is 4.79 Å². The summed E-state index contributed by atoms with van der Waals surface area (Å²) >= 11 is 8.29. The molecule has 8 heteroatoms. The first kappa shape index (κ1) is 19.3. The average Bonchev–Trinajstić information content (AvgIpc) is 2.62. The van der Waals surface area contributed by atoms with Crippen molar-refractivity contribution in [2.24, 2.45) is 5.16 Å². The minimum absolute atomic E-state index is 0.275. The van der Waals surface area contributed by atoms with E-state index in [9.17, 15) is 4.79 Å². The Morgan fingerprint density at radius 3 is 2.76 bits per heavy atom. The molecule has 132 valence electrons. The summed E-state index contributed by atoms with van der Waals surface area (Å²) in [5.41, 5.74) is 4.55. The summed E-state index contributed by atoms with van der Waals surface area (Å²) in [6, 6.07) is 13.0. The molecule has 2 rings (SSSR count). The fourth-order valence-corrected chi connectivity index (χ4v) is 2.51. The Balaban J connectivity index is 2.04. The average molecular weight is 475 g/mol. The number of carbonyl (C=O) groups is 1. The first-order valence-corrected chi connectivity index (χ1v) is 8.67. The molecule has 0 fully saturated rings. The summed E-state index contributed by atoms with van der Waals surface area (Å²) in [5.74, 6) is 0.275. The van der Waals surface area contributed by atoms with Crippen LogP contribution in [0.15, 0.2) is 47.6 Å². The van der Waals surface area contributed by atoms with E-state index < -0.39 is 6.09 Å². The molecule has 0 aromatic heterocycles. The van der Waals surface area contributed by atoms with Gasteiger partial charge in [0.15, 0.2) is 5.75 Å². The van der Waals surface area contributed by atoms with Crippen molar-refractivity contribution >= 4 is 46.0 Å². The van der Waals surface area contributed by atoms with Crippen LogP contribution >= 0.6 is 34.2 Å². The highest BCUT2D eigenvalue weighted by Gasteiger charge is 2.08.